The van der Waals surface area contributed by atoms with E-state index >= 15 is 0 Å². The quantitative estimate of drug-likeness (QED) is 0.628. The molecule has 0 saturated heterocycles. The summed E-state index contributed by atoms with van der Waals surface area (Å²) < 4.78 is 22.0. The Morgan fingerprint density at radius 2 is 1.65 bits per heavy atom. The highest BCUT2D eigenvalue weighted by Crippen LogP contribution is 2.42. The number of hydrogen-bond acceptors (Lipinski definition) is 6. The van der Waals surface area contributed by atoms with Crippen LogP contribution in [-0.2, 0) is 9.53 Å². The molecule has 0 spiro atoms. The van der Waals surface area contributed by atoms with E-state index in [9.17, 15) is 9.59 Å². The molecule has 2 N–H and O–H groups in total. The van der Waals surface area contributed by atoms with Crippen molar-refractivity contribution in [1.82, 2.24) is 10.6 Å². The molecule has 2 aromatic carbocycles. The predicted octanol–water partition coefficient (Wildman–Crippen LogP) is 3.43. The first-order chi connectivity index (χ1) is 15.0. The number of hydrogen-bond donors (Lipinski definition) is 2. The van der Waals surface area contributed by atoms with Gasteiger partial charge in [-0.05, 0) is 37.1 Å². The summed E-state index contributed by atoms with van der Waals surface area (Å²) in [5.41, 5.74) is 1.94. The van der Waals surface area contributed by atoms with Gasteiger partial charge in [0.2, 0.25) is 5.75 Å². The summed E-state index contributed by atoms with van der Waals surface area (Å²) in [6.45, 7) is 4.20. The van der Waals surface area contributed by atoms with Crippen LogP contribution in [0.15, 0.2) is 48.0 Å². The number of amides is 2. The molecule has 0 bridgehead atoms. The van der Waals surface area contributed by atoms with E-state index in [1.165, 1.54) is 14.2 Å². The summed E-state index contributed by atoms with van der Waals surface area (Å²) in [5, 5.41) is 5.57. The Labute approximate surface area is 181 Å². The number of benzene rings is 2. The van der Waals surface area contributed by atoms with Gasteiger partial charge in [0, 0.05) is 0 Å². The fourth-order valence-electron chi connectivity index (χ4n) is 3.43. The topological polar surface area (TPSA) is 95.1 Å². The van der Waals surface area contributed by atoms with E-state index < -0.39 is 18.0 Å². The molecule has 0 aromatic heterocycles. The molecule has 2 aromatic rings. The second kappa shape index (κ2) is 9.88. The molecule has 0 fully saturated rings. The summed E-state index contributed by atoms with van der Waals surface area (Å²) in [4.78, 5) is 25.5. The number of rotatable bonds is 8. The van der Waals surface area contributed by atoms with Crippen LogP contribution in [0.4, 0.5) is 4.79 Å². The largest absolute Gasteiger partial charge is 0.493 e. The number of nitrogens with one attached hydrogen (secondary N) is 2. The van der Waals surface area contributed by atoms with Gasteiger partial charge in [-0.25, -0.2) is 9.59 Å². The van der Waals surface area contributed by atoms with Crippen molar-refractivity contribution in [3.8, 4) is 17.2 Å². The smallest absolute Gasteiger partial charge is 0.338 e. The Hall–Kier alpha value is -3.68. The molecule has 0 radical (unpaired) electrons. The lowest BCUT2D eigenvalue weighted by Gasteiger charge is -2.30. The standard InChI is InChI=1S/C23H26N2O6/c1-5-30-21-16(28-3)12-15(13-17(21)29-4)20-18(22(26)31-6-2)19(24-23(27)25-20)14-10-8-7-9-11-14/h7-13,20H,5-6H2,1-4H3,(H2,24,25,27). The summed E-state index contributed by atoms with van der Waals surface area (Å²) >= 11 is 0. The first-order valence-electron chi connectivity index (χ1n) is 9.96. The van der Waals surface area contributed by atoms with Crippen molar-refractivity contribution >= 4 is 17.7 Å². The minimum atomic E-state index is -0.790. The number of esters is 1. The number of urea groups is 1. The number of carbonyl (C=O) groups excluding carboxylic acids is 2. The van der Waals surface area contributed by atoms with E-state index in [0.717, 1.165) is 0 Å². The van der Waals surface area contributed by atoms with Gasteiger partial charge < -0.3 is 29.6 Å². The minimum Gasteiger partial charge on any atom is -0.493 e. The van der Waals surface area contributed by atoms with E-state index in [4.69, 9.17) is 18.9 Å². The molecular formula is C23H26N2O6. The Balaban J connectivity index is 2.22. The Morgan fingerprint density at radius 3 is 2.19 bits per heavy atom. The van der Waals surface area contributed by atoms with E-state index in [0.29, 0.717) is 40.7 Å². The van der Waals surface area contributed by atoms with Gasteiger partial charge in [-0.15, -0.1) is 0 Å². The highest BCUT2D eigenvalue weighted by molar-refractivity contribution is 6.04. The Bertz CT molecular complexity index is 962. The lowest BCUT2D eigenvalue weighted by Crippen LogP contribution is -2.45. The summed E-state index contributed by atoms with van der Waals surface area (Å²) in [5.74, 6) is 0.758. The maximum absolute atomic E-state index is 13.0. The van der Waals surface area contributed by atoms with Crippen LogP contribution >= 0.6 is 0 Å². The van der Waals surface area contributed by atoms with Gasteiger partial charge in [0.1, 0.15) is 0 Å². The van der Waals surface area contributed by atoms with Gasteiger partial charge in [0.25, 0.3) is 0 Å². The van der Waals surface area contributed by atoms with Gasteiger partial charge in [0.15, 0.2) is 11.5 Å². The third-order valence-electron chi connectivity index (χ3n) is 4.73. The maximum Gasteiger partial charge on any atom is 0.338 e. The average molecular weight is 426 g/mol. The van der Waals surface area contributed by atoms with Gasteiger partial charge in [-0.1, -0.05) is 30.3 Å². The van der Waals surface area contributed by atoms with Crippen LogP contribution in [0.3, 0.4) is 0 Å². The monoisotopic (exact) mass is 426 g/mol. The fraction of sp³-hybridized carbons (Fsp3) is 0.304. The third kappa shape index (κ3) is 4.58. The first kappa shape index (κ1) is 22.0. The molecular weight excluding hydrogens is 400 g/mol. The van der Waals surface area contributed by atoms with Crippen LogP contribution in [0.1, 0.15) is 31.0 Å². The average Bonchev–Trinajstić information content (AvgIpc) is 2.79. The zero-order chi connectivity index (χ0) is 22.4. The summed E-state index contributed by atoms with van der Waals surface area (Å²) in [7, 11) is 3.03. The molecule has 1 aliphatic heterocycles. The second-order valence-electron chi connectivity index (χ2n) is 6.59. The van der Waals surface area contributed by atoms with Crippen molar-refractivity contribution in [2.45, 2.75) is 19.9 Å². The molecule has 1 atom stereocenters. The maximum atomic E-state index is 13.0. The van der Waals surface area contributed by atoms with Crippen LogP contribution in [0.25, 0.3) is 5.70 Å². The lowest BCUT2D eigenvalue weighted by molar-refractivity contribution is -0.138. The van der Waals surface area contributed by atoms with Crippen molar-refractivity contribution < 1.29 is 28.5 Å². The van der Waals surface area contributed by atoms with E-state index in [-0.39, 0.29) is 12.2 Å². The van der Waals surface area contributed by atoms with Gasteiger partial charge >= 0.3 is 12.0 Å². The molecule has 8 heteroatoms. The molecule has 1 unspecified atom stereocenters. The first-order valence-corrected chi connectivity index (χ1v) is 9.96. The Morgan fingerprint density at radius 1 is 1.00 bits per heavy atom. The van der Waals surface area contributed by atoms with Gasteiger partial charge in [-0.3, -0.25) is 0 Å². The molecule has 0 aliphatic carbocycles. The number of carbonyl (C=O) groups is 2. The van der Waals surface area contributed by atoms with E-state index in [1.54, 1.807) is 19.1 Å². The van der Waals surface area contributed by atoms with Crippen LogP contribution in [-0.4, -0.2) is 39.4 Å². The second-order valence-corrected chi connectivity index (χ2v) is 6.59. The summed E-state index contributed by atoms with van der Waals surface area (Å²) in [6, 6.07) is 11.3. The van der Waals surface area contributed by atoms with E-state index in [2.05, 4.69) is 10.6 Å². The summed E-state index contributed by atoms with van der Waals surface area (Å²) in [6.07, 6.45) is 0. The fourth-order valence-corrected chi connectivity index (χ4v) is 3.43. The Kier molecular flexibility index (Phi) is 7.02. The van der Waals surface area contributed by atoms with E-state index in [1.807, 2.05) is 37.3 Å². The zero-order valence-corrected chi connectivity index (χ0v) is 18.0. The minimum absolute atomic E-state index is 0.195. The lowest BCUT2D eigenvalue weighted by atomic mass is 9.92. The molecule has 1 aliphatic rings. The highest BCUT2D eigenvalue weighted by atomic mass is 16.5. The predicted molar refractivity (Wildman–Crippen MR) is 115 cm³/mol. The molecule has 2 amide bonds. The van der Waals surface area contributed by atoms with Crippen molar-refractivity contribution in [3.05, 3.63) is 59.2 Å². The van der Waals surface area contributed by atoms with Crippen molar-refractivity contribution in [3.63, 3.8) is 0 Å². The van der Waals surface area contributed by atoms with Crippen molar-refractivity contribution in [1.29, 1.82) is 0 Å². The van der Waals surface area contributed by atoms with Crippen molar-refractivity contribution in [2.75, 3.05) is 27.4 Å². The van der Waals surface area contributed by atoms with Gasteiger partial charge in [0.05, 0.1) is 44.7 Å². The number of methoxy groups -OCH3 is 2. The van der Waals surface area contributed by atoms with Crippen LogP contribution in [0.5, 0.6) is 17.2 Å². The zero-order valence-electron chi connectivity index (χ0n) is 18.0. The molecule has 3 rings (SSSR count). The molecule has 164 valence electrons. The van der Waals surface area contributed by atoms with Crippen LogP contribution in [0, 0.1) is 0 Å². The molecule has 8 nitrogen and oxygen atoms in total. The van der Waals surface area contributed by atoms with Crippen LogP contribution < -0.4 is 24.8 Å². The SMILES string of the molecule is CCOC(=O)C1=C(c2ccccc2)NC(=O)NC1c1cc(OC)c(OCC)c(OC)c1. The molecule has 1 heterocycles. The van der Waals surface area contributed by atoms with Crippen LogP contribution in [0.2, 0.25) is 0 Å². The van der Waals surface area contributed by atoms with Gasteiger partial charge in [-0.2, -0.15) is 0 Å². The normalized spacial score (nSPS) is 15.6. The van der Waals surface area contributed by atoms with Crippen molar-refractivity contribution in [2.24, 2.45) is 0 Å². The molecule has 0 saturated carbocycles. The number of ether oxygens (including phenoxy) is 4. The highest BCUT2D eigenvalue weighted by Gasteiger charge is 2.35. The molecule has 31 heavy (non-hydrogen) atoms. The third-order valence-corrected chi connectivity index (χ3v) is 4.73.